The number of aryl methyl sites for hydroxylation is 1. The van der Waals surface area contributed by atoms with Crippen LogP contribution in [0.4, 0.5) is 0 Å². The molecule has 228 valence electrons. The Morgan fingerprint density at radius 3 is 2.35 bits per heavy atom. The summed E-state index contributed by atoms with van der Waals surface area (Å²) < 4.78 is 10.0. The summed E-state index contributed by atoms with van der Waals surface area (Å²) in [4.78, 5) is 42.2. The van der Waals surface area contributed by atoms with Crippen LogP contribution in [0.5, 0.6) is 11.5 Å². The maximum atomic E-state index is 13.9. The zero-order valence-electron chi connectivity index (χ0n) is 25.1. The molecule has 10 heteroatoms. The van der Waals surface area contributed by atoms with E-state index in [0.29, 0.717) is 18.0 Å². The van der Waals surface area contributed by atoms with Crippen LogP contribution in [0.2, 0.25) is 0 Å². The molecule has 0 aromatic heterocycles. The van der Waals surface area contributed by atoms with Gasteiger partial charge in [0.05, 0.1) is 26.1 Å². The molecule has 3 aromatic carbocycles. The number of rotatable bonds is 11. The van der Waals surface area contributed by atoms with Crippen molar-refractivity contribution in [3.8, 4) is 11.5 Å². The third-order valence-electron chi connectivity index (χ3n) is 7.69. The minimum absolute atomic E-state index is 0.196. The molecule has 0 radical (unpaired) electrons. The highest BCUT2D eigenvalue weighted by Gasteiger charge is 2.49. The van der Waals surface area contributed by atoms with Gasteiger partial charge in [-0.15, -0.1) is 11.8 Å². The second-order valence-electron chi connectivity index (χ2n) is 11.0. The van der Waals surface area contributed by atoms with Gasteiger partial charge in [0.2, 0.25) is 5.91 Å². The minimum Gasteiger partial charge on any atom is -0.493 e. The predicted octanol–water partition coefficient (Wildman–Crippen LogP) is 3.71. The topological polar surface area (TPSA) is 117 Å². The first-order valence-electron chi connectivity index (χ1n) is 14.1. The lowest BCUT2D eigenvalue weighted by molar-refractivity contribution is -0.147. The van der Waals surface area contributed by atoms with E-state index in [9.17, 15) is 19.5 Å². The fourth-order valence-electron chi connectivity index (χ4n) is 5.18. The Labute approximate surface area is 257 Å². The summed E-state index contributed by atoms with van der Waals surface area (Å²) in [6.45, 7) is 6.13. The number of hydrogen-bond acceptors (Lipinski definition) is 7. The Morgan fingerprint density at radius 2 is 1.67 bits per heavy atom. The van der Waals surface area contributed by atoms with Crippen molar-refractivity contribution < 1.29 is 29.0 Å². The van der Waals surface area contributed by atoms with Gasteiger partial charge in [0, 0.05) is 16.9 Å². The van der Waals surface area contributed by atoms with Gasteiger partial charge in [-0.2, -0.15) is 0 Å². The number of carbonyl (C=O) groups is 3. The summed E-state index contributed by atoms with van der Waals surface area (Å²) in [7, 11) is 2.98. The first-order valence-corrected chi connectivity index (χ1v) is 15.1. The molecule has 3 N–H and O–H groups in total. The van der Waals surface area contributed by atoms with E-state index in [4.69, 9.17) is 9.47 Å². The number of hydrogen-bond donors (Lipinski definition) is 3. The summed E-state index contributed by atoms with van der Waals surface area (Å²) in [5.74, 6) is -0.335. The Hall–Kier alpha value is -4.02. The van der Waals surface area contributed by atoms with Gasteiger partial charge in [0.25, 0.3) is 11.8 Å². The maximum absolute atomic E-state index is 13.9. The monoisotopic (exact) mass is 605 g/mol. The molecule has 3 atom stereocenters. The van der Waals surface area contributed by atoms with Gasteiger partial charge in [0.1, 0.15) is 6.04 Å². The van der Waals surface area contributed by atoms with E-state index in [1.807, 2.05) is 75.4 Å². The highest BCUT2D eigenvalue weighted by Crippen LogP contribution is 2.40. The predicted molar refractivity (Wildman–Crippen MR) is 167 cm³/mol. The molecule has 3 amide bonds. The highest BCUT2D eigenvalue weighted by molar-refractivity contribution is 8.00. The molecule has 0 bridgehead atoms. The fourth-order valence-corrected chi connectivity index (χ4v) is 6.32. The van der Waals surface area contributed by atoms with E-state index in [2.05, 4.69) is 10.6 Å². The first kappa shape index (κ1) is 31.9. The molecular weight excluding hydrogens is 566 g/mol. The lowest BCUT2D eigenvalue weighted by atomic mass is 9.96. The van der Waals surface area contributed by atoms with Crippen LogP contribution in [-0.2, 0) is 22.6 Å². The highest BCUT2D eigenvalue weighted by atomic mass is 32.2. The number of ether oxygens (including phenoxy) is 2. The average molecular weight is 606 g/mol. The van der Waals surface area contributed by atoms with Crippen LogP contribution in [0.1, 0.15) is 40.9 Å². The summed E-state index contributed by atoms with van der Waals surface area (Å²) in [6, 6.07) is 20.0. The van der Waals surface area contributed by atoms with E-state index >= 15 is 0 Å². The van der Waals surface area contributed by atoms with Crippen molar-refractivity contribution in [3.05, 3.63) is 95.1 Å². The third-order valence-corrected chi connectivity index (χ3v) is 9.06. The second-order valence-corrected chi connectivity index (χ2v) is 12.6. The zero-order chi connectivity index (χ0) is 31.1. The molecule has 3 aromatic rings. The normalized spacial score (nSPS) is 17.1. The fraction of sp³-hybridized carbons (Fsp3) is 0.364. The summed E-state index contributed by atoms with van der Waals surface area (Å²) >= 11 is 1.47. The molecule has 0 saturated carbocycles. The Bertz CT molecular complexity index is 1450. The summed E-state index contributed by atoms with van der Waals surface area (Å²) in [6.07, 6.45) is -1.41. The van der Waals surface area contributed by atoms with Crippen LogP contribution in [0.15, 0.2) is 72.8 Å². The van der Waals surface area contributed by atoms with Gasteiger partial charge >= 0.3 is 0 Å². The van der Waals surface area contributed by atoms with Gasteiger partial charge in [-0.3, -0.25) is 14.4 Å². The van der Waals surface area contributed by atoms with Gasteiger partial charge in [0.15, 0.2) is 17.6 Å². The Kier molecular flexibility index (Phi) is 10.4. The van der Waals surface area contributed by atoms with Gasteiger partial charge in [-0.05, 0) is 62.1 Å². The lowest BCUT2D eigenvalue weighted by Gasteiger charge is -2.33. The smallest absolute Gasteiger partial charge is 0.254 e. The lowest BCUT2D eigenvalue weighted by Crippen LogP contribution is -2.58. The number of benzene rings is 3. The van der Waals surface area contributed by atoms with Gasteiger partial charge in [-0.25, -0.2) is 0 Å². The molecule has 0 spiro atoms. The van der Waals surface area contributed by atoms with Crippen molar-refractivity contribution in [1.29, 1.82) is 0 Å². The molecule has 1 fully saturated rings. The van der Waals surface area contributed by atoms with E-state index in [1.54, 1.807) is 12.1 Å². The number of thioether (sulfide) groups is 1. The molecule has 9 nitrogen and oxygen atoms in total. The van der Waals surface area contributed by atoms with E-state index < -0.39 is 34.7 Å². The molecule has 1 aliphatic rings. The van der Waals surface area contributed by atoms with Crippen LogP contribution < -0.4 is 20.1 Å². The Morgan fingerprint density at radius 1 is 1.00 bits per heavy atom. The quantitative estimate of drug-likeness (QED) is 0.305. The number of methoxy groups -OCH3 is 2. The largest absolute Gasteiger partial charge is 0.493 e. The van der Waals surface area contributed by atoms with Crippen LogP contribution >= 0.6 is 11.8 Å². The molecule has 43 heavy (non-hydrogen) atoms. The van der Waals surface area contributed by atoms with Gasteiger partial charge < -0.3 is 30.1 Å². The standard InChI is InChI=1S/C33H39N3O6S/c1-21-11-9-10-14-24(21)19-34-31(39)29-33(2,3)43-20-36(29)32(40)28(37)25(17-22-12-7-6-8-13-22)35-30(38)23-15-16-26(41-4)27(18-23)42-5/h6-16,18,25,28-29,37H,17,19-20H2,1-5H3,(H,34,39)(H,35,38). The van der Waals surface area contributed by atoms with Crippen LogP contribution in [0.25, 0.3) is 0 Å². The van der Waals surface area contributed by atoms with E-state index in [0.717, 1.165) is 16.7 Å². The van der Waals surface area contributed by atoms with E-state index in [1.165, 1.54) is 36.9 Å². The summed E-state index contributed by atoms with van der Waals surface area (Å²) in [5, 5.41) is 17.3. The van der Waals surface area contributed by atoms with Gasteiger partial charge in [-0.1, -0.05) is 54.6 Å². The molecule has 0 aliphatic carbocycles. The van der Waals surface area contributed by atoms with Crippen molar-refractivity contribution in [1.82, 2.24) is 15.5 Å². The number of nitrogens with one attached hydrogen (secondary N) is 2. The van der Waals surface area contributed by atoms with Crippen molar-refractivity contribution in [2.45, 2.75) is 56.7 Å². The number of carbonyl (C=O) groups excluding carboxylic acids is 3. The molecule has 1 heterocycles. The number of amides is 3. The minimum atomic E-state index is -1.61. The zero-order valence-corrected chi connectivity index (χ0v) is 25.9. The molecule has 1 saturated heterocycles. The van der Waals surface area contributed by atoms with Crippen molar-refractivity contribution in [2.24, 2.45) is 0 Å². The molecular formula is C33H39N3O6S. The SMILES string of the molecule is COc1ccc(C(=O)NC(Cc2ccccc2)C(O)C(=O)N2CSC(C)(C)C2C(=O)NCc2ccccc2C)cc1OC. The Balaban J connectivity index is 1.56. The molecule has 4 rings (SSSR count). The number of nitrogens with zero attached hydrogens (tertiary/aromatic N) is 1. The van der Waals surface area contributed by atoms with Crippen molar-refractivity contribution >= 4 is 29.5 Å². The first-order chi connectivity index (χ1) is 20.6. The number of aliphatic hydroxyl groups is 1. The van der Waals surface area contributed by atoms with Crippen molar-refractivity contribution in [2.75, 3.05) is 20.1 Å². The van der Waals surface area contributed by atoms with Crippen molar-refractivity contribution in [3.63, 3.8) is 0 Å². The van der Waals surface area contributed by atoms with Crippen LogP contribution in [0, 0.1) is 6.92 Å². The van der Waals surface area contributed by atoms with Crippen LogP contribution in [0.3, 0.4) is 0 Å². The molecule has 1 aliphatic heterocycles. The second kappa shape index (κ2) is 14.0. The number of aliphatic hydroxyl groups excluding tert-OH is 1. The summed E-state index contributed by atoms with van der Waals surface area (Å²) in [5.41, 5.74) is 3.15. The molecule has 3 unspecified atom stereocenters. The average Bonchev–Trinajstić information content (AvgIpc) is 3.34. The van der Waals surface area contributed by atoms with E-state index in [-0.39, 0.29) is 23.8 Å². The third kappa shape index (κ3) is 7.50. The van der Waals surface area contributed by atoms with Crippen LogP contribution in [-0.4, -0.2) is 70.8 Å². The maximum Gasteiger partial charge on any atom is 0.254 e.